The summed E-state index contributed by atoms with van der Waals surface area (Å²) in [4.78, 5) is 12.4. The van der Waals surface area contributed by atoms with Gasteiger partial charge in [-0.1, -0.05) is 0 Å². The molecule has 0 atom stereocenters. The van der Waals surface area contributed by atoms with Crippen LogP contribution in [0.1, 0.15) is 59.9 Å². The highest BCUT2D eigenvalue weighted by atomic mass is 16.2. The van der Waals surface area contributed by atoms with Gasteiger partial charge in [0.2, 0.25) is 0 Å². The Morgan fingerprint density at radius 3 is 2.83 bits per heavy atom. The number of aryl methyl sites for hydroxylation is 3. The van der Waals surface area contributed by atoms with Crippen LogP contribution in [0, 0.1) is 6.92 Å². The fraction of sp³-hybridized carbons (Fsp3) is 0.588. The van der Waals surface area contributed by atoms with Crippen LogP contribution in [-0.2, 0) is 13.0 Å². The maximum atomic E-state index is 12.4. The average Bonchev–Trinajstić information content (AvgIpc) is 3.23. The number of fused-ring (bicyclic) bond motifs is 1. The van der Waals surface area contributed by atoms with E-state index in [2.05, 4.69) is 33.3 Å². The molecule has 0 bridgehead atoms. The molecule has 6 heteroatoms. The van der Waals surface area contributed by atoms with Gasteiger partial charge in [0, 0.05) is 24.5 Å². The Labute approximate surface area is 135 Å². The number of carbonyl (C=O) groups excluding carboxylic acids is 1. The molecule has 0 spiro atoms. The van der Waals surface area contributed by atoms with Crippen LogP contribution in [0.15, 0.2) is 18.5 Å². The zero-order chi connectivity index (χ0) is 15.8. The second-order valence-corrected chi connectivity index (χ2v) is 6.82. The maximum Gasteiger partial charge on any atom is 0.272 e. The summed E-state index contributed by atoms with van der Waals surface area (Å²) in [6.45, 7) is 3.01. The zero-order valence-electron chi connectivity index (χ0n) is 13.5. The molecule has 0 aromatic carbocycles. The molecule has 1 aliphatic carbocycles. The lowest BCUT2D eigenvalue weighted by atomic mass is 9.91. The topological polar surface area (TPSA) is 64.7 Å². The largest absolute Gasteiger partial charge is 0.348 e. The highest BCUT2D eigenvalue weighted by Gasteiger charge is 2.25. The van der Waals surface area contributed by atoms with Crippen molar-refractivity contribution in [1.29, 1.82) is 0 Å². The Hall–Kier alpha value is -2.11. The minimum atomic E-state index is -0.0229. The second kappa shape index (κ2) is 5.83. The summed E-state index contributed by atoms with van der Waals surface area (Å²) in [5, 5.41) is 12.0. The first-order valence-electron chi connectivity index (χ1n) is 8.57. The zero-order valence-corrected chi connectivity index (χ0v) is 13.5. The number of aromatic nitrogens is 4. The van der Waals surface area contributed by atoms with Gasteiger partial charge in [-0.2, -0.15) is 10.2 Å². The SMILES string of the molecule is Cc1cnn(C2CCC(NC(=O)c3cc4n(n3)CCC4)CC2)c1. The van der Waals surface area contributed by atoms with Gasteiger partial charge in [0.15, 0.2) is 0 Å². The van der Waals surface area contributed by atoms with Gasteiger partial charge in [0.1, 0.15) is 5.69 Å². The van der Waals surface area contributed by atoms with Crippen molar-refractivity contribution in [2.75, 3.05) is 0 Å². The highest BCUT2D eigenvalue weighted by Crippen LogP contribution is 2.28. The molecular weight excluding hydrogens is 290 g/mol. The van der Waals surface area contributed by atoms with E-state index in [-0.39, 0.29) is 11.9 Å². The Morgan fingerprint density at radius 2 is 2.13 bits per heavy atom. The minimum absolute atomic E-state index is 0.0229. The number of hydrogen-bond donors (Lipinski definition) is 1. The number of hydrogen-bond acceptors (Lipinski definition) is 3. The van der Waals surface area contributed by atoms with Crippen molar-refractivity contribution in [2.45, 2.75) is 64.1 Å². The van der Waals surface area contributed by atoms with Gasteiger partial charge in [-0.3, -0.25) is 14.2 Å². The van der Waals surface area contributed by atoms with E-state index in [4.69, 9.17) is 0 Å². The Balaban J connectivity index is 1.33. The lowest BCUT2D eigenvalue weighted by Crippen LogP contribution is -2.38. The predicted molar refractivity (Wildman–Crippen MR) is 86.3 cm³/mol. The summed E-state index contributed by atoms with van der Waals surface area (Å²) in [7, 11) is 0. The fourth-order valence-corrected chi connectivity index (χ4v) is 3.75. The van der Waals surface area contributed by atoms with E-state index < -0.39 is 0 Å². The second-order valence-electron chi connectivity index (χ2n) is 6.82. The molecule has 1 saturated carbocycles. The Bertz CT molecular complexity index is 687. The van der Waals surface area contributed by atoms with Gasteiger partial charge < -0.3 is 5.32 Å². The van der Waals surface area contributed by atoms with Crippen molar-refractivity contribution in [3.8, 4) is 0 Å². The molecule has 1 fully saturated rings. The lowest BCUT2D eigenvalue weighted by Gasteiger charge is -2.29. The molecule has 1 amide bonds. The van der Waals surface area contributed by atoms with Gasteiger partial charge in [-0.25, -0.2) is 0 Å². The number of carbonyl (C=O) groups is 1. The first-order chi connectivity index (χ1) is 11.2. The fourth-order valence-electron chi connectivity index (χ4n) is 3.75. The third kappa shape index (κ3) is 2.90. The van der Waals surface area contributed by atoms with Crippen molar-refractivity contribution in [3.63, 3.8) is 0 Å². The first-order valence-corrected chi connectivity index (χ1v) is 8.57. The van der Waals surface area contributed by atoms with Crippen LogP contribution in [-0.4, -0.2) is 31.5 Å². The van der Waals surface area contributed by atoms with Gasteiger partial charge in [0.25, 0.3) is 5.91 Å². The number of rotatable bonds is 3. The van der Waals surface area contributed by atoms with E-state index in [1.165, 1.54) is 11.3 Å². The van der Waals surface area contributed by atoms with Crippen LogP contribution >= 0.6 is 0 Å². The number of nitrogens with one attached hydrogen (secondary N) is 1. The minimum Gasteiger partial charge on any atom is -0.348 e. The number of amides is 1. The molecule has 23 heavy (non-hydrogen) atoms. The average molecular weight is 313 g/mol. The van der Waals surface area contributed by atoms with E-state index >= 15 is 0 Å². The molecule has 2 aromatic heterocycles. The molecule has 1 N–H and O–H groups in total. The standard InChI is InChI=1S/C17H23N5O/c1-12-10-18-22(11-12)14-6-4-13(5-7-14)19-17(23)16-9-15-3-2-8-21(15)20-16/h9-11,13-14H,2-8H2,1H3,(H,19,23). The Kier molecular flexibility index (Phi) is 3.67. The quantitative estimate of drug-likeness (QED) is 0.945. The summed E-state index contributed by atoms with van der Waals surface area (Å²) in [5.74, 6) is -0.0229. The van der Waals surface area contributed by atoms with E-state index in [0.29, 0.717) is 11.7 Å². The van der Waals surface area contributed by atoms with Crippen LogP contribution in [0.3, 0.4) is 0 Å². The first kappa shape index (κ1) is 14.5. The molecule has 0 saturated heterocycles. The van der Waals surface area contributed by atoms with E-state index in [0.717, 1.165) is 45.1 Å². The van der Waals surface area contributed by atoms with Crippen LogP contribution in [0.5, 0.6) is 0 Å². The smallest absolute Gasteiger partial charge is 0.272 e. The molecule has 122 valence electrons. The Morgan fingerprint density at radius 1 is 1.30 bits per heavy atom. The third-order valence-corrected chi connectivity index (χ3v) is 5.04. The highest BCUT2D eigenvalue weighted by molar-refractivity contribution is 5.92. The molecule has 1 aliphatic heterocycles. The van der Waals surface area contributed by atoms with E-state index in [9.17, 15) is 4.79 Å². The van der Waals surface area contributed by atoms with Crippen LogP contribution in [0.2, 0.25) is 0 Å². The van der Waals surface area contributed by atoms with Gasteiger partial charge in [-0.15, -0.1) is 0 Å². The summed E-state index contributed by atoms with van der Waals surface area (Å²) >= 11 is 0. The van der Waals surface area contributed by atoms with Crippen molar-refractivity contribution in [3.05, 3.63) is 35.4 Å². The van der Waals surface area contributed by atoms with Crippen molar-refractivity contribution >= 4 is 5.91 Å². The monoisotopic (exact) mass is 313 g/mol. The summed E-state index contributed by atoms with van der Waals surface area (Å²) in [5.41, 5.74) is 2.96. The predicted octanol–water partition coefficient (Wildman–Crippen LogP) is 2.25. The molecule has 0 radical (unpaired) electrons. The van der Waals surface area contributed by atoms with Crippen LogP contribution in [0.25, 0.3) is 0 Å². The summed E-state index contributed by atoms with van der Waals surface area (Å²) in [6.07, 6.45) is 10.3. The molecule has 0 unspecified atom stereocenters. The van der Waals surface area contributed by atoms with Crippen LogP contribution < -0.4 is 5.32 Å². The van der Waals surface area contributed by atoms with E-state index in [1.54, 1.807) is 0 Å². The third-order valence-electron chi connectivity index (χ3n) is 5.04. The number of nitrogens with zero attached hydrogens (tertiary/aromatic N) is 4. The molecule has 4 rings (SSSR count). The van der Waals surface area contributed by atoms with Crippen LogP contribution in [0.4, 0.5) is 0 Å². The van der Waals surface area contributed by atoms with Gasteiger partial charge in [-0.05, 0) is 57.1 Å². The van der Waals surface area contributed by atoms with Crippen molar-refractivity contribution in [1.82, 2.24) is 24.9 Å². The maximum absolute atomic E-state index is 12.4. The molecular formula is C17H23N5O. The normalized spacial score (nSPS) is 23.7. The molecule has 3 heterocycles. The van der Waals surface area contributed by atoms with Gasteiger partial charge in [0.05, 0.1) is 12.2 Å². The van der Waals surface area contributed by atoms with Crippen molar-refractivity contribution in [2.24, 2.45) is 0 Å². The van der Waals surface area contributed by atoms with Gasteiger partial charge >= 0.3 is 0 Å². The lowest BCUT2D eigenvalue weighted by molar-refractivity contribution is 0.0915. The summed E-state index contributed by atoms with van der Waals surface area (Å²) in [6, 6.07) is 2.67. The molecule has 2 aromatic rings. The summed E-state index contributed by atoms with van der Waals surface area (Å²) < 4.78 is 4.04. The van der Waals surface area contributed by atoms with Crippen molar-refractivity contribution < 1.29 is 4.79 Å². The molecule has 2 aliphatic rings. The van der Waals surface area contributed by atoms with E-state index in [1.807, 2.05) is 16.9 Å². The molecule has 6 nitrogen and oxygen atoms in total.